The van der Waals surface area contributed by atoms with E-state index < -0.39 is 18.2 Å². The molecule has 1 heterocycles. The zero-order valence-corrected chi connectivity index (χ0v) is 17.8. The molecule has 0 aliphatic carbocycles. The number of rotatable bonds is 7. The first kappa shape index (κ1) is 22.4. The minimum Gasteiger partial charge on any atom is -0.444 e. The topological polar surface area (TPSA) is 71.4 Å². The van der Waals surface area contributed by atoms with Crippen molar-refractivity contribution in [2.75, 3.05) is 19.0 Å². The predicted octanol–water partition coefficient (Wildman–Crippen LogP) is 4.43. The minimum atomic E-state index is -0.802. The van der Waals surface area contributed by atoms with Crippen molar-refractivity contribution >= 4 is 29.7 Å². The lowest BCUT2D eigenvalue weighted by molar-refractivity contribution is 0.112. The first-order valence-corrected chi connectivity index (χ1v) is 10.4. The molecule has 2 aromatic carbocycles. The summed E-state index contributed by atoms with van der Waals surface area (Å²) in [6.45, 7) is 4.70. The summed E-state index contributed by atoms with van der Waals surface area (Å²) in [7, 11) is 0. The first-order chi connectivity index (χ1) is 15.1. The smallest absolute Gasteiger partial charge is 0.437 e. The second-order valence-corrected chi connectivity index (χ2v) is 7.17. The Morgan fingerprint density at radius 1 is 1.03 bits per heavy atom. The van der Waals surface area contributed by atoms with Crippen LogP contribution in [0.3, 0.4) is 0 Å². The molecular weight excluding hydrogens is 418 g/mol. The SMILES string of the molecule is C=CCN1CC(CCl)N(C(=O)OCc2ccccc2)/C1=N/C(=O)OCc1ccccc1. The minimum absolute atomic E-state index is 0.0787. The third-order valence-corrected chi connectivity index (χ3v) is 4.98. The number of aliphatic imine (C=N–C) groups is 1. The first-order valence-electron chi connectivity index (χ1n) is 9.83. The molecule has 1 atom stereocenters. The van der Waals surface area contributed by atoms with Gasteiger partial charge in [-0.25, -0.2) is 14.5 Å². The van der Waals surface area contributed by atoms with Gasteiger partial charge in [0.2, 0.25) is 5.96 Å². The van der Waals surface area contributed by atoms with Crippen molar-refractivity contribution < 1.29 is 19.1 Å². The standard InChI is InChI=1S/C23H24ClN3O4/c1-2-13-26-15-20(14-24)27(23(29)31-17-19-11-7-4-8-12-19)21(26)25-22(28)30-16-18-9-5-3-6-10-18/h2-12,20H,1,13-17H2/b25-21+. The maximum Gasteiger partial charge on any atom is 0.437 e. The van der Waals surface area contributed by atoms with E-state index >= 15 is 0 Å². The molecule has 8 heteroatoms. The number of ether oxygens (including phenoxy) is 2. The lowest BCUT2D eigenvalue weighted by Gasteiger charge is -2.22. The Labute approximate surface area is 186 Å². The molecule has 31 heavy (non-hydrogen) atoms. The normalized spacial score (nSPS) is 16.9. The summed E-state index contributed by atoms with van der Waals surface area (Å²) >= 11 is 6.10. The summed E-state index contributed by atoms with van der Waals surface area (Å²) in [5.41, 5.74) is 1.68. The summed E-state index contributed by atoms with van der Waals surface area (Å²) in [6, 6.07) is 18.2. The van der Waals surface area contributed by atoms with E-state index in [-0.39, 0.29) is 25.1 Å². The summed E-state index contributed by atoms with van der Waals surface area (Å²) in [4.78, 5) is 32.4. The molecule has 1 aliphatic heterocycles. The molecule has 0 aromatic heterocycles. The third-order valence-electron chi connectivity index (χ3n) is 4.62. The molecular formula is C23H24ClN3O4. The molecule has 2 aromatic rings. The molecule has 2 amide bonds. The molecule has 0 saturated carbocycles. The van der Waals surface area contributed by atoms with Gasteiger partial charge in [-0.1, -0.05) is 66.7 Å². The van der Waals surface area contributed by atoms with Crippen molar-refractivity contribution in [3.8, 4) is 0 Å². The van der Waals surface area contributed by atoms with E-state index in [9.17, 15) is 9.59 Å². The number of hydrogen-bond donors (Lipinski definition) is 0. The van der Waals surface area contributed by atoms with Crippen molar-refractivity contribution in [1.29, 1.82) is 0 Å². The van der Waals surface area contributed by atoms with Crippen LogP contribution in [0, 0.1) is 0 Å². The summed E-state index contributed by atoms with van der Waals surface area (Å²) in [5.74, 6) is 0.299. The fraction of sp³-hybridized carbons (Fsp3) is 0.261. The Morgan fingerprint density at radius 2 is 1.61 bits per heavy atom. The van der Waals surface area contributed by atoms with E-state index in [0.717, 1.165) is 11.1 Å². The molecule has 0 bridgehead atoms. The van der Waals surface area contributed by atoms with E-state index in [2.05, 4.69) is 11.6 Å². The van der Waals surface area contributed by atoms with Crippen LogP contribution in [-0.2, 0) is 22.7 Å². The Hall–Kier alpha value is -3.32. The van der Waals surface area contributed by atoms with Crippen LogP contribution in [0.4, 0.5) is 9.59 Å². The molecule has 162 valence electrons. The van der Waals surface area contributed by atoms with E-state index in [1.54, 1.807) is 11.0 Å². The fourth-order valence-corrected chi connectivity index (χ4v) is 3.38. The number of nitrogens with zero attached hydrogens (tertiary/aromatic N) is 3. The zero-order chi connectivity index (χ0) is 22.1. The highest BCUT2D eigenvalue weighted by atomic mass is 35.5. The Bertz CT molecular complexity index is 921. The number of carbonyl (C=O) groups excluding carboxylic acids is 2. The Kier molecular flexibility index (Phi) is 8.06. The maximum atomic E-state index is 12.9. The van der Waals surface area contributed by atoms with Gasteiger partial charge in [0.15, 0.2) is 0 Å². The molecule has 0 N–H and O–H groups in total. The highest BCUT2D eigenvalue weighted by Gasteiger charge is 2.40. The second-order valence-electron chi connectivity index (χ2n) is 6.86. The molecule has 3 rings (SSSR count). The fourth-order valence-electron chi connectivity index (χ4n) is 3.14. The van der Waals surface area contributed by atoms with E-state index in [4.69, 9.17) is 21.1 Å². The van der Waals surface area contributed by atoms with Gasteiger partial charge in [0.1, 0.15) is 13.2 Å². The third kappa shape index (κ3) is 6.08. The monoisotopic (exact) mass is 441 g/mol. The van der Waals surface area contributed by atoms with Crippen LogP contribution in [0.25, 0.3) is 0 Å². The molecule has 1 aliphatic rings. The lowest BCUT2D eigenvalue weighted by Crippen LogP contribution is -2.42. The van der Waals surface area contributed by atoms with Gasteiger partial charge in [0, 0.05) is 19.0 Å². The molecule has 7 nitrogen and oxygen atoms in total. The summed E-state index contributed by atoms with van der Waals surface area (Å²) < 4.78 is 10.7. The average molecular weight is 442 g/mol. The van der Waals surface area contributed by atoms with Crippen molar-refractivity contribution in [3.05, 3.63) is 84.4 Å². The number of benzene rings is 2. The van der Waals surface area contributed by atoms with E-state index in [0.29, 0.717) is 13.1 Å². The molecule has 0 spiro atoms. The highest BCUT2D eigenvalue weighted by Crippen LogP contribution is 2.20. The molecule has 1 saturated heterocycles. The van der Waals surface area contributed by atoms with Gasteiger partial charge in [-0.3, -0.25) is 0 Å². The lowest BCUT2D eigenvalue weighted by atomic mass is 10.2. The largest absolute Gasteiger partial charge is 0.444 e. The number of hydrogen-bond acceptors (Lipinski definition) is 4. The van der Waals surface area contributed by atoms with Crippen LogP contribution in [0.5, 0.6) is 0 Å². The molecule has 1 fully saturated rings. The molecule has 1 unspecified atom stereocenters. The van der Waals surface area contributed by atoms with Crippen molar-refractivity contribution in [2.45, 2.75) is 19.3 Å². The Balaban J connectivity index is 1.74. The average Bonchev–Trinajstić information content (AvgIpc) is 3.14. The number of alkyl halides is 1. The van der Waals surface area contributed by atoms with Crippen LogP contribution in [0.1, 0.15) is 11.1 Å². The van der Waals surface area contributed by atoms with Gasteiger partial charge >= 0.3 is 12.2 Å². The van der Waals surface area contributed by atoms with Crippen LogP contribution < -0.4 is 0 Å². The number of guanidine groups is 1. The maximum absolute atomic E-state index is 12.9. The van der Waals surface area contributed by atoms with Crippen LogP contribution in [0.2, 0.25) is 0 Å². The summed E-state index contributed by atoms with van der Waals surface area (Å²) in [6.07, 6.45) is 0.231. The quantitative estimate of drug-likeness (QED) is 0.469. The van der Waals surface area contributed by atoms with Gasteiger partial charge in [-0.2, -0.15) is 0 Å². The van der Waals surface area contributed by atoms with Crippen molar-refractivity contribution in [3.63, 3.8) is 0 Å². The summed E-state index contributed by atoms with van der Waals surface area (Å²) in [5, 5.41) is 0. The van der Waals surface area contributed by atoms with Crippen LogP contribution >= 0.6 is 11.6 Å². The van der Waals surface area contributed by atoms with Gasteiger partial charge in [0.25, 0.3) is 0 Å². The highest BCUT2D eigenvalue weighted by molar-refractivity contribution is 6.19. The van der Waals surface area contributed by atoms with Crippen LogP contribution in [0.15, 0.2) is 78.3 Å². The number of halogens is 1. The van der Waals surface area contributed by atoms with Crippen molar-refractivity contribution in [2.24, 2.45) is 4.99 Å². The van der Waals surface area contributed by atoms with Crippen LogP contribution in [-0.4, -0.2) is 53.0 Å². The number of carbonyl (C=O) groups is 2. The Morgan fingerprint density at radius 3 is 2.16 bits per heavy atom. The van der Waals surface area contributed by atoms with E-state index in [1.165, 1.54) is 4.90 Å². The molecule has 0 radical (unpaired) electrons. The van der Waals surface area contributed by atoms with Crippen molar-refractivity contribution in [1.82, 2.24) is 9.80 Å². The predicted molar refractivity (Wildman–Crippen MR) is 119 cm³/mol. The number of amides is 2. The zero-order valence-electron chi connectivity index (χ0n) is 17.0. The second kappa shape index (κ2) is 11.2. The van der Waals surface area contributed by atoms with Gasteiger partial charge in [-0.15, -0.1) is 23.2 Å². The van der Waals surface area contributed by atoms with Gasteiger partial charge < -0.3 is 14.4 Å². The van der Waals surface area contributed by atoms with E-state index in [1.807, 2.05) is 60.7 Å². The van der Waals surface area contributed by atoms with Gasteiger partial charge in [-0.05, 0) is 11.1 Å². The van der Waals surface area contributed by atoms with Gasteiger partial charge in [0.05, 0.1) is 6.04 Å².